The average Bonchev–Trinajstić information content (AvgIpc) is 3.60. The Hall–Kier alpha value is -3.97. The lowest BCUT2D eigenvalue weighted by Crippen LogP contribution is -2.15. The van der Waals surface area contributed by atoms with E-state index in [1.54, 1.807) is 13.0 Å². The number of benzene rings is 3. The number of aromatic nitrogens is 2. The Balaban J connectivity index is 1.51. The van der Waals surface area contributed by atoms with Gasteiger partial charge in [0.05, 0.1) is 18.5 Å². The number of ether oxygens (including phenoxy) is 1. The summed E-state index contributed by atoms with van der Waals surface area (Å²) in [6.07, 6.45) is 4.64. The van der Waals surface area contributed by atoms with E-state index < -0.39 is 0 Å². The molecule has 0 saturated heterocycles. The van der Waals surface area contributed by atoms with Crippen LogP contribution in [-0.2, 0) is 29.0 Å². The third-order valence-corrected chi connectivity index (χ3v) is 6.46. The molecule has 1 heterocycles. The van der Waals surface area contributed by atoms with Gasteiger partial charge in [-0.2, -0.15) is 5.10 Å². The van der Waals surface area contributed by atoms with E-state index >= 15 is 0 Å². The molecule has 7 heteroatoms. The number of nitrogens with two attached hydrogens (primary N) is 1. The third-order valence-electron chi connectivity index (χ3n) is 6.46. The lowest BCUT2D eigenvalue weighted by atomic mass is 9.97. The summed E-state index contributed by atoms with van der Waals surface area (Å²) < 4.78 is 7.08. The van der Waals surface area contributed by atoms with Gasteiger partial charge in [-0.3, -0.25) is 14.3 Å². The molecule has 1 aromatic heterocycles. The van der Waals surface area contributed by atoms with Crippen molar-refractivity contribution in [3.8, 4) is 11.1 Å². The minimum atomic E-state index is -0.330. The molecule has 0 unspecified atom stereocenters. The number of carbonyl (C=O) groups is 2. The van der Waals surface area contributed by atoms with Crippen molar-refractivity contribution in [3.63, 3.8) is 0 Å². The number of anilines is 1. The first-order valence-corrected chi connectivity index (χ1v) is 12.4. The number of hydrogen-bond acceptors (Lipinski definition) is 5. The van der Waals surface area contributed by atoms with Gasteiger partial charge in [-0.1, -0.05) is 36.4 Å². The number of carbonyl (C=O) groups excluding carboxylic acids is 2. The van der Waals surface area contributed by atoms with Crippen LogP contribution in [0.3, 0.4) is 0 Å². The molecule has 0 radical (unpaired) electrons. The quantitative estimate of drug-likeness (QED) is 0.330. The largest absolute Gasteiger partial charge is 0.466 e. The predicted molar refractivity (Wildman–Crippen MR) is 141 cm³/mol. The number of nitrogens with zero attached hydrogens (tertiary/aromatic N) is 2. The zero-order chi connectivity index (χ0) is 25.1. The Labute approximate surface area is 210 Å². The molecule has 1 amide bonds. The van der Waals surface area contributed by atoms with Crippen LogP contribution < -0.4 is 11.1 Å². The van der Waals surface area contributed by atoms with Crippen molar-refractivity contribution in [1.29, 1.82) is 0 Å². The smallest absolute Gasteiger partial charge is 0.310 e. The molecule has 1 aliphatic carbocycles. The van der Waals surface area contributed by atoms with Crippen LogP contribution in [-0.4, -0.2) is 28.3 Å². The minimum absolute atomic E-state index is 0.0893. The lowest BCUT2D eigenvalue weighted by molar-refractivity contribution is -0.142. The van der Waals surface area contributed by atoms with E-state index in [2.05, 4.69) is 17.6 Å². The van der Waals surface area contributed by atoms with Crippen molar-refractivity contribution in [2.75, 3.05) is 11.9 Å². The topological polar surface area (TPSA) is 99.2 Å². The van der Waals surface area contributed by atoms with Crippen molar-refractivity contribution in [2.45, 2.75) is 39.3 Å². The summed E-state index contributed by atoms with van der Waals surface area (Å²) in [4.78, 5) is 25.5. The Bertz CT molecular complexity index is 1420. The molecule has 4 aromatic rings. The van der Waals surface area contributed by atoms with E-state index in [1.807, 2.05) is 53.2 Å². The predicted octanol–water partition coefficient (Wildman–Crippen LogP) is 4.93. The third kappa shape index (κ3) is 5.31. The Morgan fingerprint density at radius 2 is 1.94 bits per heavy atom. The van der Waals surface area contributed by atoms with Crippen molar-refractivity contribution in [1.82, 2.24) is 9.78 Å². The van der Waals surface area contributed by atoms with Crippen LogP contribution in [0.1, 0.15) is 41.3 Å². The minimum Gasteiger partial charge on any atom is -0.466 e. The summed E-state index contributed by atoms with van der Waals surface area (Å²) in [5, 5.41) is 8.79. The van der Waals surface area contributed by atoms with Gasteiger partial charge in [0.15, 0.2) is 0 Å². The fourth-order valence-electron chi connectivity index (χ4n) is 4.43. The molecule has 5 rings (SSSR count). The van der Waals surface area contributed by atoms with Gasteiger partial charge in [-0.25, -0.2) is 0 Å². The van der Waals surface area contributed by atoms with Crippen LogP contribution in [0.5, 0.6) is 0 Å². The van der Waals surface area contributed by atoms with Gasteiger partial charge in [0.25, 0.3) is 5.91 Å². The summed E-state index contributed by atoms with van der Waals surface area (Å²) in [6.45, 7) is 3.42. The summed E-state index contributed by atoms with van der Waals surface area (Å²) in [5.74, 6) is 0.0899. The van der Waals surface area contributed by atoms with Crippen LogP contribution in [0, 0.1) is 5.92 Å². The summed E-state index contributed by atoms with van der Waals surface area (Å²) in [7, 11) is 0. The van der Waals surface area contributed by atoms with Gasteiger partial charge in [-0.15, -0.1) is 0 Å². The zero-order valence-electron chi connectivity index (χ0n) is 20.4. The second-order valence-electron chi connectivity index (χ2n) is 9.25. The number of esters is 1. The Morgan fingerprint density at radius 3 is 2.72 bits per heavy atom. The van der Waals surface area contributed by atoms with Crippen molar-refractivity contribution < 1.29 is 14.3 Å². The van der Waals surface area contributed by atoms with Gasteiger partial charge in [-0.05, 0) is 72.2 Å². The summed E-state index contributed by atoms with van der Waals surface area (Å²) >= 11 is 0. The molecule has 3 aromatic carbocycles. The van der Waals surface area contributed by atoms with Gasteiger partial charge in [0.1, 0.15) is 0 Å². The van der Waals surface area contributed by atoms with E-state index in [4.69, 9.17) is 15.6 Å². The van der Waals surface area contributed by atoms with E-state index in [9.17, 15) is 9.59 Å². The Morgan fingerprint density at radius 1 is 1.11 bits per heavy atom. The maximum atomic E-state index is 13.4. The van der Waals surface area contributed by atoms with Crippen LogP contribution >= 0.6 is 0 Å². The van der Waals surface area contributed by atoms with E-state index in [0.29, 0.717) is 35.9 Å². The Kier molecular flexibility index (Phi) is 6.82. The standard InChI is InChI=1S/C29H30N4O3/c1-2-36-28(34)15-22-7-3-4-9-26(22)31-29(35)23-13-24(21-8-5-6-20(12-21)16-30)25-18-33(17-19-10-11-19)32-27(25)14-23/h3-9,12-14,18-19H,2,10-11,15-17,30H2,1H3,(H,31,35). The van der Waals surface area contributed by atoms with Gasteiger partial charge >= 0.3 is 5.97 Å². The molecule has 0 spiro atoms. The average molecular weight is 483 g/mol. The maximum absolute atomic E-state index is 13.4. The zero-order valence-corrected chi connectivity index (χ0v) is 20.4. The highest BCUT2D eigenvalue weighted by Gasteiger charge is 2.23. The molecule has 184 valence electrons. The van der Waals surface area contributed by atoms with Crippen molar-refractivity contribution in [3.05, 3.63) is 83.6 Å². The number of rotatable bonds is 9. The fraction of sp³-hybridized carbons (Fsp3) is 0.276. The fourth-order valence-corrected chi connectivity index (χ4v) is 4.43. The molecule has 3 N–H and O–H groups in total. The van der Waals surface area contributed by atoms with Crippen LogP contribution in [0.4, 0.5) is 5.69 Å². The van der Waals surface area contributed by atoms with Gasteiger partial charge in [0, 0.05) is 35.9 Å². The van der Waals surface area contributed by atoms with Crippen LogP contribution in [0.2, 0.25) is 0 Å². The highest BCUT2D eigenvalue weighted by molar-refractivity contribution is 6.09. The van der Waals surface area contributed by atoms with Gasteiger partial charge in [0.2, 0.25) is 0 Å². The molecule has 36 heavy (non-hydrogen) atoms. The highest BCUT2D eigenvalue weighted by atomic mass is 16.5. The second-order valence-corrected chi connectivity index (χ2v) is 9.25. The first kappa shape index (κ1) is 23.8. The van der Waals surface area contributed by atoms with Gasteiger partial charge < -0.3 is 15.8 Å². The van der Waals surface area contributed by atoms with Crippen molar-refractivity contribution in [2.24, 2.45) is 11.7 Å². The molecule has 7 nitrogen and oxygen atoms in total. The summed E-state index contributed by atoms with van der Waals surface area (Å²) in [5.41, 5.74) is 11.4. The monoisotopic (exact) mass is 482 g/mol. The van der Waals surface area contributed by atoms with E-state index in [0.717, 1.165) is 34.1 Å². The molecule has 0 atom stereocenters. The number of para-hydroxylation sites is 1. The molecular weight excluding hydrogens is 452 g/mol. The second kappa shape index (κ2) is 10.3. The van der Waals surface area contributed by atoms with Crippen molar-refractivity contribution >= 4 is 28.5 Å². The molecular formula is C29H30N4O3. The number of nitrogens with one attached hydrogen (secondary N) is 1. The van der Waals surface area contributed by atoms with Crippen LogP contribution in [0.25, 0.3) is 22.0 Å². The lowest BCUT2D eigenvalue weighted by Gasteiger charge is -2.12. The van der Waals surface area contributed by atoms with E-state index in [1.165, 1.54) is 12.8 Å². The first-order chi connectivity index (χ1) is 17.5. The highest BCUT2D eigenvalue weighted by Crippen LogP contribution is 2.34. The molecule has 0 bridgehead atoms. The first-order valence-electron chi connectivity index (χ1n) is 12.4. The number of fused-ring (bicyclic) bond motifs is 1. The SMILES string of the molecule is CCOC(=O)Cc1ccccc1NC(=O)c1cc(-c2cccc(CN)c2)c2cn(CC3CC3)nc2c1. The molecule has 1 aliphatic rings. The summed E-state index contributed by atoms with van der Waals surface area (Å²) in [6, 6.07) is 19.1. The maximum Gasteiger partial charge on any atom is 0.310 e. The normalized spacial score (nSPS) is 13.1. The number of hydrogen-bond donors (Lipinski definition) is 2. The van der Waals surface area contributed by atoms with E-state index in [-0.39, 0.29) is 18.3 Å². The van der Waals surface area contributed by atoms with Crippen LogP contribution in [0.15, 0.2) is 66.9 Å². The number of amides is 1. The molecule has 1 fully saturated rings. The molecule has 1 saturated carbocycles. The molecule has 0 aliphatic heterocycles.